The van der Waals surface area contributed by atoms with Gasteiger partial charge in [-0.05, 0) is 29.1 Å². The Hall–Kier alpha value is -1.28. The van der Waals surface area contributed by atoms with Crippen LogP contribution >= 0.6 is 11.3 Å². The number of nitrogens with zero attached hydrogens (tertiary/aromatic N) is 2. The summed E-state index contributed by atoms with van der Waals surface area (Å²) in [6.45, 7) is 3.40. The Bertz CT molecular complexity index is 821. The third kappa shape index (κ3) is 3.65. The van der Waals surface area contributed by atoms with Gasteiger partial charge in [0.25, 0.3) is 0 Å². The molecule has 0 aliphatic carbocycles. The minimum Gasteiger partial charge on any atom is -0.295 e. The van der Waals surface area contributed by atoms with Crippen molar-refractivity contribution < 1.29 is 12.8 Å². The van der Waals surface area contributed by atoms with Gasteiger partial charge in [0, 0.05) is 43.6 Å². The van der Waals surface area contributed by atoms with Gasteiger partial charge < -0.3 is 0 Å². The quantitative estimate of drug-likeness (QED) is 0.817. The van der Waals surface area contributed by atoms with Crippen LogP contribution in [0.2, 0.25) is 0 Å². The van der Waals surface area contributed by atoms with Gasteiger partial charge >= 0.3 is 0 Å². The van der Waals surface area contributed by atoms with Crippen LogP contribution < -0.4 is 0 Å². The summed E-state index contributed by atoms with van der Waals surface area (Å²) >= 11 is 1.71. The highest BCUT2D eigenvalue weighted by Gasteiger charge is 2.47. The fraction of sp³-hybridized carbons (Fsp3) is 0.444. The van der Waals surface area contributed by atoms with Gasteiger partial charge in [-0.2, -0.15) is 0 Å². The standard InChI is InChI=1S/C18H21FN2O2S2/c19-15-5-3-14(4-6-15)10-21-7-9-25(22,23)18-13-20(12-17(18)21)11-16-2-1-8-24-16/h1-6,8,17-18H,7,9-13H2/t17-,18+/m0/s1. The van der Waals surface area contributed by atoms with Crippen molar-refractivity contribution in [3.8, 4) is 0 Å². The number of hydrogen-bond donors (Lipinski definition) is 0. The summed E-state index contributed by atoms with van der Waals surface area (Å²) < 4.78 is 38.2. The number of fused-ring (bicyclic) bond motifs is 1. The molecular formula is C18H21FN2O2S2. The van der Waals surface area contributed by atoms with Gasteiger partial charge in [-0.3, -0.25) is 9.80 Å². The van der Waals surface area contributed by atoms with E-state index in [0.29, 0.717) is 19.6 Å². The molecule has 4 nitrogen and oxygen atoms in total. The Balaban J connectivity index is 1.51. The van der Waals surface area contributed by atoms with Crippen LogP contribution in [0.1, 0.15) is 10.4 Å². The van der Waals surface area contributed by atoms with Crippen molar-refractivity contribution in [2.45, 2.75) is 24.4 Å². The van der Waals surface area contributed by atoms with E-state index in [-0.39, 0.29) is 22.9 Å². The second kappa shape index (κ2) is 6.79. The minimum absolute atomic E-state index is 0.0174. The lowest BCUT2D eigenvalue weighted by molar-refractivity contribution is 0.186. The van der Waals surface area contributed by atoms with E-state index in [2.05, 4.69) is 21.2 Å². The highest BCUT2D eigenvalue weighted by Crippen LogP contribution is 2.30. The molecular weight excluding hydrogens is 359 g/mol. The molecule has 0 N–H and O–H groups in total. The van der Waals surface area contributed by atoms with Crippen molar-refractivity contribution in [1.82, 2.24) is 9.80 Å². The lowest BCUT2D eigenvalue weighted by atomic mass is 10.1. The van der Waals surface area contributed by atoms with Crippen molar-refractivity contribution in [2.24, 2.45) is 0 Å². The van der Waals surface area contributed by atoms with E-state index in [1.807, 2.05) is 6.07 Å². The topological polar surface area (TPSA) is 40.6 Å². The molecule has 2 aliphatic heterocycles. The number of rotatable bonds is 4. The molecule has 0 amide bonds. The second-order valence-corrected chi connectivity index (χ2v) is 10.2. The van der Waals surface area contributed by atoms with Crippen molar-refractivity contribution in [2.75, 3.05) is 25.4 Å². The maximum Gasteiger partial charge on any atom is 0.157 e. The summed E-state index contributed by atoms with van der Waals surface area (Å²) in [7, 11) is -3.04. The molecule has 3 heterocycles. The van der Waals surface area contributed by atoms with Crippen LogP contribution in [0.15, 0.2) is 41.8 Å². The van der Waals surface area contributed by atoms with Crippen LogP contribution in [0.4, 0.5) is 4.39 Å². The Kier molecular flexibility index (Phi) is 4.66. The Morgan fingerprint density at radius 3 is 2.64 bits per heavy atom. The zero-order valence-electron chi connectivity index (χ0n) is 13.8. The van der Waals surface area contributed by atoms with Crippen LogP contribution in [-0.2, 0) is 22.9 Å². The van der Waals surface area contributed by atoms with Crippen LogP contribution in [0.25, 0.3) is 0 Å². The molecule has 2 saturated heterocycles. The molecule has 1 aromatic heterocycles. The zero-order chi connectivity index (χ0) is 17.4. The smallest absolute Gasteiger partial charge is 0.157 e. The molecule has 2 aromatic rings. The molecule has 2 atom stereocenters. The number of thiophene rings is 1. The molecule has 0 unspecified atom stereocenters. The van der Waals surface area contributed by atoms with E-state index in [1.165, 1.54) is 17.0 Å². The monoisotopic (exact) mass is 380 g/mol. The molecule has 134 valence electrons. The van der Waals surface area contributed by atoms with Gasteiger partial charge in [0.1, 0.15) is 5.82 Å². The van der Waals surface area contributed by atoms with Gasteiger partial charge in [0.05, 0.1) is 11.0 Å². The van der Waals surface area contributed by atoms with E-state index in [4.69, 9.17) is 0 Å². The SMILES string of the molecule is O=S1(=O)CCN(Cc2ccc(F)cc2)[C@H]2CN(Cc3cccs3)C[C@H]21. The summed E-state index contributed by atoms with van der Waals surface area (Å²) in [6, 6.07) is 10.6. The van der Waals surface area contributed by atoms with Crippen molar-refractivity contribution in [3.05, 3.63) is 58.0 Å². The molecule has 0 bridgehead atoms. The average molecular weight is 381 g/mol. The van der Waals surface area contributed by atoms with Gasteiger partial charge in [0.15, 0.2) is 9.84 Å². The van der Waals surface area contributed by atoms with Crippen molar-refractivity contribution in [3.63, 3.8) is 0 Å². The van der Waals surface area contributed by atoms with E-state index in [0.717, 1.165) is 18.7 Å². The summed E-state index contributed by atoms with van der Waals surface area (Å²) in [5.74, 6) is -0.0341. The maximum absolute atomic E-state index is 13.1. The Morgan fingerprint density at radius 2 is 1.92 bits per heavy atom. The summed E-state index contributed by atoms with van der Waals surface area (Å²) in [5.41, 5.74) is 1.02. The van der Waals surface area contributed by atoms with Crippen LogP contribution in [0.5, 0.6) is 0 Å². The van der Waals surface area contributed by atoms with Crippen molar-refractivity contribution in [1.29, 1.82) is 0 Å². The van der Waals surface area contributed by atoms with E-state index in [9.17, 15) is 12.8 Å². The average Bonchev–Trinajstić information content (AvgIpc) is 3.23. The molecule has 0 saturated carbocycles. The first-order valence-electron chi connectivity index (χ1n) is 8.46. The molecule has 1 aromatic carbocycles. The number of sulfone groups is 1. The Morgan fingerprint density at radius 1 is 1.12 bits per heavy atom. The van der Waals surface area contributed by atoms with Gasteiger partial charge in [0.2, 0.25) is 0 Å². The number of hydrogen-bond acceptors (Lipinski definition) is 5. The molecule has 0 radical (unpaired) electrons. The highest BCUT2D eigenvalue weighted by atomic mass is 32.2. The first kappa shape index (κ1) is 17.1. The predicted molar refractivity (Wildman–Crippen MR) is 97.8 cm³/mol. The van der Waals surface area contributed by atoms with E-state index >= 15 is 0 Å². The fourth-order valence-electron chi connectivity index (χ4n) is 3.87. The number of likely N-dealkylation sites (tertiary alicyclic amines) is 1. The minimum atomic E-state index is -3.04. The number of halogens is 1. The summed E-state index contributed by atoms with van der Waals surface area (Å²) in [6.07, 6.45) is 0. The summed E-state index contributed by atoms with van der Waals surface area (Å²) in [5, 5.41) is 1.73. The van der Waals surface area contributed by atoms with Gasteiger partial charge in [-0.15, -0.1) is 11.3 Å². The van der Waals surface area contributed by atoms with E-state index < -0.39 is 9.84 Å². The largest absolute Gasteiger partial charge is 0.295 e. The first-order chi connectivity index (χ1) is 12.0. The van der Waals surface area contributed by atoms with Crippen LogP contribution in [0.3, 0.4) is 0 Å². The maximum atomic E-state index is 13.1. The first-order valence-corrected chi connectivity index (χ1v) is 11.1. The third-order valence-electron chi connectivity index (χ3n) is 5.16. The second-order valence-electron chi connectivity index (χ2n) is 6.84. The van der Waals surface area contributed by atoms with Crippen molar-refractivity contribution >= 4 is 21.2 Å². The highest BCUT2D eigenvalue weighted by molar-refractivity contribution is 7.92. The lowest BCUT2D eigenvalue weighted by Gasteiger charge is -2.36. The molecule has 2 fully saturated rings. The third-order valence-corrected chi connectivity index (χ3v) is 8.16. The van der Waals surface area contributed by atoms with Gasteiger partial charge in [-0.1, -0.05) is 18.2 Å². The molecule has 2 aliphatic rings. The van der Waals surface area contributed by atoms with Crippen LogP contribution in [-0.4, -0.2) is 54.9 Å². The molecule has 25 heavy (non-hydrogen) atoms. The lowest BCUT2D eigenvalue weighted by Crippen LogP contribution is -2.53. The zero-order valence-corrected chi connectivity index (χ0v) is 15.5. The van der Waals surface area contributed by atoms with E-state index in [1.54, 1.807) is 23.5 Å². The normalized spacial score (nSPS) is 26.6. The molecule has 0 spiro atoms. The summed E-state index contributed by atoms with van der Waals surface area (Å²) in [4.78, 5) is 5.77. The molecule has 7 heteroatoms. The van der Waals surface area contributed by atoms with Gasteiger partial charge in [-0.25, -0.2) is 12.8 Å². The fourth-order valence-corrected chi connectivity index (χ4v) is 6.58. The molecule has 4 rings (SSSR count). The number of benzene rings is 1. The predicted octanol–water partition coefficient (Wildman–Crippen LogP) is 2.37. The Labute approximate surface area is 151 Å². The van der Waals surface area contributed by atoms with Crippen LogP contribution in [0, 0.1) is 5.82 Å².